The summed E-state index contributed by atoms with van der Waals surface area (Å²) in [6, 6.07) is 8.73. The number of carbonyl (C=O) groups excluding carboxylic acids is 3. The van der Waals surface area contributed by atoms with Gasteiger partial charge in [-0.25, -0.2) is 4.79 Å². The number of hydrogen-bond acceptors (Lipinski definition) is 5. The molecule has 0 saturated carbocycles. The lowest BCUT2D eigenvalue weighted by molar-refractivity contribution is -0.149. The molecule has 0 aliphatic carbocycles. The molecule has 1 aromatic carbocycles. The van der Waals surface area contributed by atoms with Gasteiger partial charge in [-0.15, -0.1) is 0 Å². The molecular weight excluding hydrogens is 322 g/mol. The molecule has 7 heteroatoms. The highest BCUT2D eigenvalue weighted by molar-refractivity contribution is 5.89. The van der Waals surface area contributed by atoms with Gasteiger partial charge in [0.1, 0.15) is 0 Å². The van der Waals surface area contributed by atoms with Gasteiger partial charge in [0, 0.05) is 39.2 Å². The standard InChI is InChI=1S/C18H19N3O4/c1-14(22)20-8-10-21(11-9-20)17(23)13-25-18(24)7-6-15-2-4-16(12-19)5-3-15/h2-7H,8-11,13H2,1H3/b7-6+. The van der Waals surface area contributed by atoms with Crippen molar-refractivity contribution in [3.8, 4) is 6.07 Å². The van der Waals surface area contributed by atoms with Crippen LogP contribution < -0.4 is 0 Å². The van der Waals surface area contributed by atoms with E-state index < -0.39 is 5.97 Å². The largest absolute Gasteiger partial charge is 0.452 e. The van der Waals surface area contributed by atoms with E-state index in [0.717, 1.165) is 5.56 Å². The molecule has 1 saturated heterocycles. The van der Waals surface area contributed by atoms with Crippen LogP contribution in [0.1, 0.15) is 18.1 Å². The zero-order valence-corrected chi connectivity index (χ0v) is 14.0. The first-order valence-corrected chi connectivity index (χ1v) is 7.88. The first kappa shape index (κ1) is 18.2. The summed E-state index contributed by atoms with van der Waals surface area (Å²) >= 11 is 0. The summed E-state index contributed by atoms with van der Waals surface area (Å²) in [5.41, 5.74) is 1.29. The van der Waals surface area contributed by atoms with Crippen LogP contribution in [0.15, 0.2) is 30.3 Å². The molecule has 1 aliphatic heterocycles. The van der Waals surface area contributed by atoms with E-state index in [0.29, 0.717) is 31.7 Å². The monoisotopic (exact) mass is 341 g/mol. The van der Waals surface area contributed by atoms with E-state index in [2.05, 4.69) is 0 Å². The third kappa shape index (κ3) is 5.46. The van der Waals surface area contributed by atoms with Crippen molar-refractivity contribution in [3.63, 3.8) is 0 Å². The third-order valence-electron chi connectivity index (χ3n) is 3.87. The molecule has 0 spiro atoms. The second-order valence-electron chi connectivity index (χ2n) is 5.56. The van der Waals surface area contributed by atoms with Crippen LogP contribution in [0, 0.1) is 11.3 Å². The molecular formula is C18H19N3O4. The minimum atomic E-state index is -0.611. The van der Waals surface area contributed by atoms with E-state index in [4.69, 9.17) is 10.00 Å². The Labute approximate surface area is 146 Å². The van der Waals surface area contributed by atoms with Crippen LogP contribution in [-0.2, 0) is 19.1 Å². The van der Waals surface area contributed by atoms with Crippen LogP contribution in [-0.4, -0.2) is 60.4 Å². The van der Waals surface area contributed by atoms with Gasteiger partial charge in [0.2, 0.25) is 5.91 Å². The molecule has 1 heterocycles. The highest BCUT2D eigenvalue weighted by Crippen LogP contribution is 2.06. The third-order valence-corrected chi connectivity index (χ3v) is 3.87. The molecule has 0 atom stereocenters. The Morgan fingerprint density at radius 2 is 1.72 bits per heavy atom. The Hall–Kier alpha value is -3.14. The zero-order valence-electron chi connectivity index (χ0n) is 14.0. The second kappa shape index (κ2) is 8.64. The SMILES string of the molecule is CC(=O)N1CCN(C(=O)COC(=O)/C=C/c2ccc(C#N)cc2)CC1. The fraction of sp³-hybridized carbons (Fsp3) is 0.333. The molecule has 0 unspecified atom stereocenters. The van der Waals surface area contributed by atoms with E-state index in [1.54, 1.807) is 40.1 Å². The smallest absolute Gasteiger partial charge is 0.331 e. The zero-order chi connectivity index (χ0) is 18.2. The van der Waals surface area contributed by atoms with Crippen molar-refractivity contribution in [1.29, 1.82) is 5.26 Å². The van der Waals surface area contributed by atoms with E-state index in [-0.39, 0.29) is 18.4 Å². The Balaban J connectivity index is 1.75. The lowest BCUT2D eigenvalue weighted by Gasteiger charge is -2.34. The van der Waals surface area contributed by atoms with E-state index >= 15 is 0 Å². The Kier molecular flexibility index (Phi) is 6.29. The summed E-state index contributed by atoms with van der Waals surface area (Å²) in [6.45, 7) is 3.05. The van der Waals surface area contributed by atoms with Gasteiger partial charge in [-0.3, -0.25) is 9.59 Å². The number of esters is 1. The van der Waals surface area contributed by atoms with Crippen molar-refractivity contribution in [2.45, 2.75) is 6.92 Å². The average molecular weight is 341 g/mol. The molecule has 130 valence electrons. The average Bonchev–Trinajstić information content (AvgIpc) is 2.64. The van der Waals surface area contributed by atoms with Crippen LogP contribution in [0.2, 0.25) is 0 Å². The molecule has 0 aromatic heterocycles. The molecule has 2 rings (SSSR count). The fourth-order valence-corrected chi connectivity index (χ4v) is 2.38. The lowest BCUT2D eigenvalue weighted by atomic mass is 10.1. The van der Waals surface area contributed by atoms with E-state index in [9.17, 15) is 14.4 Å². The van der Waals surface area contributed by atoms with Gasteiger partial charge < -0.3 is 14.5 Å². The van der Waals surface area contributed by atoms with Gasteiger partial charge >= 0.3 is 5.97 Å². The second-order valence-corrected chi connectivity index (χ2v) is 5.56. The molecule has 1 fully saturated rings. The molecule has 1 aromatic rings. The van der Waals surface area contributed by atoms with Crippen LogP contribution >= 0.6 is 0 Å². The molecule has 0 bridgehead atoms. The van der Waals surface area contributed by atoms with Crippen molar-refractivity contribution in [3.05, 3.63) is 41.5 Å². The number of nitrogens with zero attached hydrogens (tertiary/aromatic N) is 3. The Bertz CT molecular complexity index is 711. The summed E-state index contributed by atoms with van der Waals surface area (Å²) in [5, 5.41) is 8.72. The number of piperazine rings is 1. The van der Waals surface area contributed by atoms with E-state index in [1.165, 1.54) is 13.0 Å². The normalized spacial score (nSPS) is 14.2. The van der Waals surface area contributed by atoms with Gasteiger partial charge in [0.15, 0.2) is 6.61 Å². The topological polar surface area (TPSA) is 90.7 Å². The minimum absolute atomic E-state index is 0.00790. The highest BCUT2D eigenvalue weighted by Gasteiger charge is 2.22. The quantitative estimate of drug-likeness (QED) is 0.597. The number of rotatable bonds is 4. The maximum Gasteiger partial charge on any atom is 0.331 e. The number of amides is 2. The van der Waals surface area contributed by atoms with Crippen molar-refractivity contribution in [2.75, 3.05) is 32.8 Å². The first-order chi connectivity index (χ1) is 12.0. The van der Waals surface area contributed by atoms with Gasteiger partial charge in [-0.2, -0.15) is 5.26 Å². The Morgan fingerprint density at radius 3 is 2.28 bits per heavy atom. The van der Waals surface area contributed by atoms with Crippen molar-refractivity contribution in [1.82, 2.24) is 9.80 Å². The summed E-state index contributed by atoms with van der Waals surface area (Å²) in [7, 11) is 0. The summed E-state index contributed by atoms with van der Waals surface area (Å²) < 4.78 is 4.95. The van der Waals surface area contributed by atoms with Gasteiger partial charge in [0.05, 0.1) is 11.6 Å². The molecule has 0 N–H and O–H groups in total. The molecule has 2 amide bonds. The summed E-state index contributed by atoms with van der Waals surface area (Å²) in [5.74, 6) is -0.894. The number of benzene rings is 1. The number of carbonyl (C=O) groups is 3. The predicted octanol–water partition coefficient (Wildman–Crippen LogP) is 0.805. The maximum atomic E-state index is 12.0. The number of ether oxygens (including phenoxy) is 1. The summed E-state index contributed by atoms with van der Waals surface area (Å²) in [6.07, 6.45) is 2.79. The lowest BCUT2D eigenvalue weighted by Crippen LogP contribution is -2.51. The molecule has 1 aliphatic rings. The highest BCUT2D eigenvalue weighted by atomic mass is 16.5. The van der Waals surface area contributed by atoms with E-state index in [1.807, 2.05) is 6.07 Å². The van der Waals surface area contributed by atoms with Crippen molar-refractivity contribution < 1.29 is 19.1 Å². The Morgan fingerprint density at radius 1 is 1.12 bits per heavy atom. The van der Waals surface area contributed by atoms with Crippen LogP contribution in [0.4, 0.5) is 0 Å². The maximum absolute atomic E-state index is 12.0. The number of nitriles is 1. The van der Waals surface area contributed by atoms with Crippen molar-refractivity contribution in [2.24, 2.45) is 0 Å². The van der Waals surface area contributed by atoms with Gasteiger partial charge in [-0.05, 0) is 23.8 Å². The minimum Gasteiger partial charge on any atom is -0.452 e. The predicted molar refractivity (Wildman–Crippen MR) is 90.0 cm³/mol. The first-order valence-electron chi connectivity index (χ1n) is 7.88. The molecule has 7 nitrogen and oxygen atoms in total. The summed E-state index contributed by atoms with van der Waals surface area (Å²) in [4.78, 5) is 38.2. The van der Waals surface area contributed by atoms with Crippen molar-refractivity contribution >= 4 is 23.9 Å². The fourth-order valence-electron chi connectivity index (χ4n) is 2.38. The van der Waals surface area contributed by atoms with Crippen LogP contribution in [0.3, 0.4) is 0 Å². The van der Waals surface area contributed by atoms with Gasteiger partial charge in [0.25, 0.3) is 5.91 Å². The number of hydrogen-bond donors (Lipinski definition) is 0. The molecule has 0 radical (unpaired) electrons. The van der Waals surface area contributed by atoms with Crippen LogP contribution in [0.25, 0.3) is 6.08 Å². The van der Waals surface area contributed by atoms with Gasteiger partial charge in [-0.1, -0.05) is 12.1 Å². The molecule has 25 heavy (non-hydrogen) atoms. The van der Waals surface area contributed by atoms with Crippen LogP contribution in [0.5, 0.6) is 0 Å².